The number of halogens is 1. The zero-order valence-electron chi connectivity index (χ0n) is 18.0. The summed E-state index contributed by atoms with van der Waals surface area (Å²) < 4.78 is 24.0. The number of fused-ring (bicyclic) bond motifs is 1. The second-order valence-corrected chi connectivity index (χ2v) is 8.92. The molecule has 1 aromatic rings. The molecule has 0 atom stereocenters. The van der Waals surface area contributed by atoms with Crippen LogP contribution in [0.15, 0.2) is 30.1 Å². The van der Waals surface area contributed by atoms with Gasteiger partial charge in [-0.25, -0.2) is 9.18 Å². The Hall–Kier alpha value is -2.57. The van der Waals surface area contributed by atoms with Crippen LogP contribution in [0, 0.1) is 0 Å². The van der Waals surface area contributed by atoms with Crippen LogP contribution in [0.4, 0.5) is 9.18 Å². The fourth-order valence-electron chi connectivity index (χ4n) is 3.93. The van der Waals surface area contributed by atoms with Gasteiger partial charge in [-0.15, -0.1) is 0 Å². The van der Waals surface area contributed by atoms with Crippen molar-refractivity contribution in [1.29, 1.82) is 0 Å². The Morgan fingerprint density at radius 3 is 2.70 bits per heavy atom. The molecule has 0 radical (unpaired) electrons. The second kappa shape index (κ2) is 9.49. The van der Waals surface area contributed by atoms with E-state index in [1.165, 1.54) is 12.8 Å². The van der Waals surface area contributed by atoms with Crippen molar-refractivity contribution in [2.45, 2.75) is 64.5 Å². The van der Waals surface area contributed by atoms with E-state index in [-0.39, 0.29) is 24.6 Å². The van der Waals surface area contributed by atoms with Gasteiger partial charge in [-0.2, -0.15) is 0 Å². The summed E-state index contributed by atoms with van der Waals surface area (Å²) in [6.07, 6.45) is 5.19. The summed E-state index contributed by atoms with van der Waals surface area (Å²) in [7, 11) is 0. The van der Waals surface area contributed by atoms with E-state index in [9.17, 15) is 14.0 Å². The van der Waals surface area contributed by atoms with Crippen LogP contribution in [-0.2, 0) is 11.2 Å². The van der Waals surface area contributed by atoms with Crippen molar-refractivity contribution in [3.8, 4) is 5.75 Å². The summed E-state index contributed by atoms with van der Waals surface area (Å²) in [5.74, 6) is 0.674. The number of rotatable bonds is 6. The number of amides is 2. The lowest BCUT2D eigenvalue weighted by Gasteiger charge is -2.33. The number of nitrogens with zero attached hydrogens (tertiary/aromatic N) is 1. The summed E-state index contributed by atoms with van der Waals surface area (Å²) in [6, 6.07) is 5.77. The maximum absolute atomic E-state index is 13.2. The third kappa shape index (κ3) is 5.74. The highest BCUT2D eigenvalue weighted by molar-refractivity contribution is 5.97. The molecule has 0 aromatic heterocycles. The molecule has 1 aromatic carbocycles. The smallest absolute Gasteiger partial charge is 0.407 e. The van der Waals surface area contributed by atoms with Crippen LogP contribution in [0.25, 0.3) is 0 Å². The normalized spacial score (nSPS) is 17.7. The van der Waals surface area contributed by atoms with Gasteiger partial charge in [0.15, 0.2) is 0 Å². The summed E-state index contributed by atoms with van der Waals surface area (Å²) in [5.41, 5.74) is 1.36. The van der Waals surface area contributed by atoms with E-state index in [0.717, 1.165) is 36.9 Å². The Morgan fingerprint density at radius 2 is 2.03 bits per heavy atom. The van der Waals surface area contributed by atoms with Gasteiger partial charge in [-0.05, 0) is 63.8 Å². The molecule has 1 aliphatic heterocycles. The van der Waals surface area contributed by atoms with E-state index in [4.69, 9.17) is 9.47 Å². The largest absolute Gasteiger partial charge is 0.489 e. The third-order valence-corrected chi connectivity index (χ3v) is 5.39. The van der Waals surface area contributed by atoms with Crippen molar-refractivity contribution in [1.82, 2.24) is 10.2 Å². The molecule has 0 unspecified atom stereocenters. The SMILES string of the molecule is CC(C)(C)OC(=O)NC/C(=C\F)COc1ccc2c(c1)CCN(C1CCCC1)C2=O. The van der Waals surface area contributed by atoms with Crippen molar-refractivity contribution >= 4 is 12.0 Å². The van der Waals surface area contributed by atoms with Crippen molar-refractivity contribution in [2.75, 3.05) is 19.7 Å². The van der Waals surface area contributed by atoms with Crippen LogP contribution in [0.2, 0.25) is 0 Å². The summed E-state index contributed by atoms with van der Waals surface area (Å²) >= 11 is 0. The number of alkyl carbamates (subject to hydrolysis) is 1. The maximum atomic E-state index is 13.2. The van der Waals surface area contributed by atoms with Gasteiger partial charge in [0.05, 0.1) is 6.33 Å². The first kappa shape index (κ1) is 22.1. The Morgan fingerprint density at radius 1 is 1.30 bits per heavy atom. The summed E-state index contributed by atoms with van der Waals surface area (Å²) in [6.45, 7) is 5.99. The van der Waals surface area contributed by atoms with Crippen molar-refractivity contribution in [2.24, 2.45) is 0 Å². The van der Waals surface area contributed by atoms with Gasteiger partial charge >= 0.3 is 6.09 Å². The first-order valence-corrected chi connectivity index (χ1v) is 10.6. The van der Waals surface area contributed by atoms with E-state index in [1.54, 1.807) is 32.9 Å². The van der Waals surface area contributed by atoms with Gasteiger partial charge in [0.2, 0.25) is 0 Å². The van der Waals surface area contributed by atoms with Gasteiger partial charge in [-0.1, -0.05) is 12.8 Å². The fraction of sp³-hybridized carbons (Fsp3) is 0.565. The molecule has 2 amide bonds. The van der Waals surface area contributed by atoms with Crippen LogP contribution in [0.5, 0.6) is 5.75 Å². The Labute approximate surface area is 177 Å². The molecule has 0 saturated heterocycles. The zero-order chi connectivity index (χ0) is 21.7. The molecular formula is C23H31FN2O4. The molecular weight excluding hydrogens is 387 g/mol. The van der Waals surface area contributed by atoms with E-state index in [1.807, 2.05) is 11.0 Å². The number of carbonyl (C=O) groups is 2. The molecule has 2 aliphatic rings. The van der Waals surface area contributed by atoms with E-state index in [2.05, 4.69) is 5.32 Å². The maximum Gasteiger partial charge on any atom is 0.407 e. The van der Waals surface area contributed by atoms with Crippen LogP contribution in [-0.4, -0.2) is 48.2 Å². The highest BCUT2D eigenvalue weighted by Crippen LogP contribution is 2.30. The molecule has 1 fully saturated rings. The van der Waals surface area contributed by atoms with Gasteiger partial charge in [-0.3, -0.25) is 4.79 Å². The molecule has 7 heteroatoms. The minimum absolute atomic E-state index is 0.00672. The van der Waals surface area contributed by atoms with E-state index in [0.29, 0.717) is 18.1 Å². The van der Waals surface area contributed by atoms with Crippen LogP contribution in [0.1, 0.15) is 62.4 Å². The molecule has 1 heterocycles. The lowest BCUT2D eigenvalue weighted by atomic mass is 9.97. The standard InChI is InChI=1S/C23H31FN2O4/c1-23(2,3)30-22(28)25-14-16(13-24)15-29-19-8-9-20-17(12-19)10-11-26(21(20)27)18-6-4-5-7-18/h8-9,12-13,18H,4-7,10-11,14-15H2,1-3H3,(H,25,28)/b16-13+. The molecule has 6 nitrogen and oxygen atoms in total. The van der Waals surface area contributed by atoms with Gasteiger partial charge in [0.25, 0.3) is 5.91 Å². The lowest BCUT2D eigenvalue weighted by Crippen LogP contribution is -2.43. The molecule has 3 rings (SSSR count). The van der Waals surface area contributed by atoms with Gasteiger partial charge in [0, 0.05) is 30.3 Å². The predicted molar refractivity (Wildman–Crippen MR) is 112 cm³/mol. The Kier molecular flexibility index (Phi) is 7.00. The predicted octanol–water partition coefficient (Wildman–Crippen LogP) is 4.38. The van der Waals surface area contributed by atoms with E-state index >= 15 is 0 Å². The lowest BCUT2D eigenvalue weighted by molar-refractivity contribution is 0.0531. The quantitative estimate of drug-likeness (QED) is 0.744. The van der Waals surface area contributed by atoms with Gasteiger partial charge in [0.1, 0.15) is 18.0 Å². The average molecular weight is 419 g/mol. The number of benzene rings is 1. The average Bonchev–Trinajstić information content (AvgIpc) is 3.21. The molecule has 164 valence electrons. The second-order valence-electron chi connectivity index (χ2n) is 8.92. The topological polar surface area (TPSA) is 67.9 Å². The van der Waals surface area contributed by atoms with E-state index < -0.39 is 11.7 Å². The summed E-state index contributed by atoms with van der Waals surface area (Å²) in [4.78, 5) is 26.6. The highest BCUT2D eigenvalue weighted by Gasteiger charge is 2.31. The van der Waals surface area contributed by atoms with Crippen LogP contribution in [0.3, 0.4) is 0 Å². The first-order chi connectivity index (χ1) is 14.3. The molecule has 1 saturated carbocycles. The number of hydrogen-bond donors (Lipinski definition) is 1. The molecule has 1 aliphatic carbocycles. The number of hydrogen-bond acceptors (Lipinski definition) is 4. The summed E-state index contributed by atoms with van der Waals surface area (Å²) in [5, 5.41) is 2.51. The minimum Gasteiger partial charge on any atom is -0.489 e. The molecule has 0 bridgehead atoms. The fourth-order valence-corrected chi connectivity index (χ4v) is 3.93. The first-order valence-electron chi connectivity index (χ1n) is 10.6. The molecule has 1 N–H and O–H groups in total. The monoisotopic (exact) mass is 418 g/mol. The van der Waals surface area contributed by atoms with Crippen molar-refractivity contribution in [3.05, 3.63) is 41.2 Å². The highest BCUT2D eigenvalue weighted by atomic mass is 19.1. The molecule has 30 heavy (non-hydrogen) atoms. The van der Waals surface area contributed by atoms with Crippen LogP contribution < -0.4 is 10.1 Å². The number of carbonyl (C=O) groups excluding carboxylic acids is 2. The third-order valence-electron chi connectivity index (χ3n) is 5.39. The minimum atomic E-state index is -0.617. The number of ether oxygens (including phenoxy) is 2. The van der Waals surface area contributed by atoms with Crippen molar-refractivity contribution < 1.29 is 23.5 Å². The molecule has 0 spiro atoms. The number of nitrogens with one attached hydrogen (secondary N) is 1. The van der Waals surface area contributed by atoms with Crippen molar-refractivity contribution in [3.63, 3.8) is 0 Å². The zero-order valence-corrected chi connectivity index (χ0v) is 18.0. The Balaban J connectivity index is 1.54. The Bertz CT molecular complexity index is 810. The van der Waals surface area contributed by atoms with Gasteiger partial charge < -0.3 is 19.7 Å². The van der Waals surface area contributed by atoms with Crippen LogP contribution >= 0.6 is 0 Å².